The summed E-state index contributed by atoms with van der Waals surface area (Å²) < 4.78 is 17.7. The van der Waals surface area contributed by atoms with E-state index in [0.717, 1.165) is 25.7 Å². The third kappa shape index (κ3) is 7.82. The summed E-state index contributed by atoms with van der Waals surface area (Å²) in [5.74, 6) is 0. The van der Waals surface area contributed by atoms with E-state index in [0.29, 0.717) is 13.2 Å². The van der Waals surface area contributed by atoms with Crippen LogP contribution in [0.3, 0.4) is 0 Å². The van der Waals surface area contributed by atoms with Crippen molar-refractivity contribution >= 4 is 0 Å². The molecule has 0 amide bonds. The van der Waals surface area contributed by atoms with Crippen molar-refractivity contribution < 1.29 is 14.2 Å². The summed E-state index contributed by atoms with van der Waals surface area (Å²) in [6, 6.07) is 20.9. The third-order valence-electron chi connectivity index (χ3n) is 4.03. The first kappa shape index (κ1) is 19.6. The Morgan fingerprint density at radius 2 is 1.04 bits per heavy atom. The van der Waals surface area contributed by atoms with Gasteiger partial charge in [-0.1, -0.05) is 60.7 Å². The largest absolute Gasteiger partial charge is 0.353 e. The lowest BCUT2D eigenvalue weighted by atomic mass is 10.1. The van der Waals surface area contributed by atoms with E-state index in [-0.39, 0.29) is 12.6 Å². The highest BCUT2D eigenvalue weighted by Gasteiger charge is 2.17. The summed E-state index contributed by atoms with van der Waals surface area (Å²) in [5.41, 5.74) is 2.60. The maximum atomic E-state index is 6.13. The molecule has 0 saturated heterocycles. The molecule has 136 valence electrons. The van der Waals surface area contributed by atoms with Gasteiger partial charge in [0.05, 0.1) is 0 Å². The van der Waals surface area contributed by atoms with Crippen LogP contribution in [0, 0.1) is 0 Å². The lowest BCUT2D eigenvalue weighted by molar-refractivity contribution is -0.246. The molecule has 0 fully saturated rings. The van der Waals surface area contributed by atoms with Gasteiger partial charge in [0.25, 0.3) is 0 Å². The molecule has 3 heteroatoms. The predicted molar refractivity (Wildman–Crippen MR) is 101 cm³/mol. The van der Waals surface area contributed by atoms with Gasteiger partial charge in [-0.2, -0.15) is 0 Å². The molecule has 0 aliphatic carbocycles. The van der Waals surface area contributed by atoms with Crippen molar-refractivity contribution in [2.75, 3.05) is 13.2 Å². The minimum absolute atomic E-state index is 0.238. The summed E-state index contributed by atoms with van der Waals surface area (Å²) in [4.78, 5) is 0. The predicted octanol–water partition coefficient (Wildman–Crippen LogP) is 4.99. The molecule has 2 aromatic rings. The minimum atomic E-state index is -0.238. The first-order chi connectivity index (χ1) is 12.3. The fraction of sp³-hybridized carbons (Fsp3) is 0.455. The molecule has 2 rings (SSSR count). The highest BCUT2D eigenvalue weighted by molar-refractivity contribution is 5.15. The normalized spacial score (nSPS) is 13.5. The Labute approximate surface area is 151 Å². The smallest absolute Gasteiger partial charge is 0.161 e. The number of benzene rings is 2. The molecule has 0 aliphatic heterocycles. The Bertz CT molecular complexity index is 504. The van der Waals surface area contributed by atoms with Crippen molar-refractivity contribution in [1.29, 1.82) is 0 Å². The Kier molecular flexibility index (Phi) is 9.27. The summed E-state index contributed by atoms with van der Waals surface area (Å²) in [5, 5.41) is 0. The van der Waals surface area contributed by atoms with Gasteiger partial charge in [0.2, 0.25) is 0 Å². The molecule has 0 radical (unpaired) electrons. The van der Waals surface area contributed by atoms with Crippen LogP contribution < -0.4 is 0 Å². The Hall–Kier alpha value is -1.68. The van der Waals surface area contributed by atoms with E-state index in [1.54, 1.807) is 0 Å². The summed E-state index contributed by atoms with van der Waals surface area (Å²) in [6.07, 6.45) is 3.04. The standard InChI is InChI=1S/C22H30O3/c1-3-23-21(17-15-19-11-7-5-8-12-19)25-22(24-4-2)18-16-20-13-9-6-10-14-20/h5-14,21-22H,3-4,15-18H2,1-2H3. The van der Waals surface area contributed by atoms with Crippen LogP contribution in [0.15, 0.2) is 60.7 Å². The summed E-state index contributed by atoms with van der Waals surface area (Å²) in [6.45, 7) is 5.27. The highest BCUT2D eigenvalue weighted by atomic mass is 16.8. The SMILES string of the molecule is CCOC(CCc1ccccc1)OC(CCc1ccccc1)OCC. The van der Waals surface area contributed by atoms with E-state index >= 15 is 0 Å². The monoisotopic (exact) mass is 342 g/mol. The number of rotatable bonds is 12. The Balaban J connectivity index is 1.86. The molecular formula is C22H30O3. The van der Waals surface area contributed by atoms with Crippen molar-refractivity contribution in [3.8, 4) is 0 Å². The number of ether oxygens (including phenoxy) is 3. The van der Waals surface area contributed by atoms with Gasteiger partial charge in [-0.15, -0.1) is 0 Å². The molecule has 0 N–H and O–H groups in total. The van der Waals surface area contributed by atoms with Crippen LogP contribution in [0.1, 0.15) is 37.8 Å². The van der Waals surface area contributed by atoms with Crippen molar-refractivity contribution in [3.63, 3.8) is 0 Å². The molecule has 25 heavy (non-hydrogen) atoms. The van der Waals surface area contributed by atoms with E-state index in [2.05, 4.69) is 48.5 Å². The fourth-order valence-electron chi connectivity index (χ4n) is 2.78. The van der Waals surface area contributed by atoms with Gasteiger partial charge in [-0.3, -0.25) is 0 Å². The molecule has 0 aliphatic rings. The van der Waals surface area contributed by atoms with Crippen LogP contribution >= 0.6 is 0 Å². The van der Waals surface area contributed by atoms with Crippen molar-refractivity contribution in [1.82, 2.24) is 0 Å². The average Bonchev–Trinajstić information content (AvgIpc) is 2.66. The average molecular weight is 342 g/mol. The molecule has 0 spiro atoms. The number of hydrogen-bond donors (Lipinski definition) is 0. The van der Waals surface area contributed by atoms with Gasteiger partial charge >= 0.3 is 0 Å². The van der Waals surface area contributed by atoms with Gasteiger partial charge in [-0.25, -0.2) is 0 Å². The van der Waals surface area contributed by atoms with Crippen molar-refractivity contribution in [3.05, 3.63) is 71.8 Å². The minimum Gasteiger partial charge on any atom is -0.353 e. The van der Waals surface area contributed by atoms with E-state index in [1.165, 1.54) is 11.1 Å². The van der Waals surface area contributed by atoms with Crippen LogP contribution in [0.2, 0.25) is 0 Å². The molecule has 0 bridgehead atoms. The number of hydrogen-bond acceptors (Lipinski definition) is 3. The second-order valence-electron chi connectivity index (χ2n) is 5.95. The van der Waals surface area contributed by atoms with Gasteiger partial charge < -0.3 is 14.2 Å². The molecule has 2 atom stereocenters. The third-order valence-corrected chi connectivity index (χ3v) is 4.03. The van der Waals surface area contributed by atoms with Crippen LogP contribution in [0.5, 0.6) is 0 Å². The molecule has 0 aromatic heterocycles. The van der Waals surface area contributed by atoms with Crippen LogP contribution in [-0.4, -0.2) is 25.8 Å². The number of aryl methyl sites for hydroxylation is 2. The van der Waals surface area contributed by atoms with Crippen molar-refractivity contribution in [2.24, 2.45) is 0 Å². The molecule has 2 unspecified atom stereocenters. The van der Waals surface area contributed by atoms with E-state index < -0.39 is 0 Å². The van der Waals surface area contributed by atoms with Gasteiger partial charge in [0.1, 0.15) is 0 Å². The topological polar surface area (TPSA) is 27.7 Å². The van der Waals surface area contributed by atoms with E-state index in [4.69, 9.17) is 14.2 Å². The molecular weight excluding hydrogens is 312 g/mol. The zero-order chi connectivity index (χ0) is 17.7. The van der Waals surface area contributed by atoms with Gasteiger partial charge in [-0.05, 0) is 37.8 Å². The highest BCUT2D eigenvalue weighted by Crippen LogP contribution is 2.15. The molecule has 0 saturated carbocycles. The van der Waals surface area contributed by atoms with Crippen LogP contribution in [0.25, 0.3) is 0 Å². The maximum absolute atomic E-state index is 6.13. The van der Waals surface area contributed by atoms with E-state index in [9.17, 15) is 0 Å². The Morgan fingerprint density at radius 3 is 1.40 bits per heavy atom. The maximum Gasteiger partial charge on any atom is 0.161 e. The fourth-order valence-corrected chi connectivity index (χ4v) is 2.78. The lowest BCUT2D eigenvalue weighted by Gasteiger charge is -2.25. The van der Waals surface area contributed by atoms with Gasteiger partial charge in [0, 0.05) is 26.1 Å². The summed E-state index contributed by atoms with van der Waals surface area (Å²) in [7, 11) is 0. The second-order valence-corrected chi connectivity index (χ2v) is 5.95. The molecule has 2 aromatic carbocycles. The first-order valence-electron chi connectivity index (χ1n) is 9.28. The van der Waals surface area contributed by atoms with E-state index in [1.807, 2.05) is 26.0 Å². The zero-order valence-corrected chi connectivity index (χ0v) is 15.4. The first-order valence-corrected chi connectivity index (χ1v) is 9.28. The molecule has 3 nitrogen and oxygen atoms in total. The lowest BCUT2D eigenvalue weighted by Crippen LogP contribution is -2.28. The quantitative estimate of drug-likeness (QED) is 0.508. The van der Waals surface area contributed by atoms with Crippen molar-refractivity contribution in [2.45, 2.75) is 52.1 Å². The molecule has 0 heterocycles. The second kappa shape index (κ2) is 11.8. The van der Waals surface area contributed by atoms with Gasteiger partial charge in [0.15, 0.2) is 12.6 Å². The Morgan fingerprint density at radius 1 is 0.640 bits per heavy atom. The zero-order valence-electron chi connectivity index (χ0n) is 15.4. The van der Waals surface area contributed by atoms with Crippen LogP contribution in [-0.2, 0) is 27.1 Å². The summed E-state index contributed by atoms with van der Waals surface area (Å²) >= 11 is 0. The van der Waals surface area contributed by atoms with Crippen LogP contribution in [0.4, 0.5) is 0 Å².